The molecule has 0 unspecified atom stereocenters. The van der Waals surface area contributed by atoms with E-state index in [-0.39, 0.29) is 11.8 Å². The van der Waals surface area contributed by atoms with Crippen LogP contribution in [0.2, 0.25) is 0 Å². The Labute approximate surface area is 105 Å². The largest absolute Gasteiger partial charge is 0.468 e. The second-order valence-corrected chi connectivity index (χ2v) is 4.19. The Hall–Kier alpha value is -1.40. The maximum atomic E-state index is 11.9. The Bertz CT molecular complexity index is 452. The van der Waals surface area contributed by atoms with Gasteiger partial charge in [-0.2, -0.15) is 0 Å². The molecule has 1 aromatic rings. The number of aryl methyl sites for hydroxylation is 1. The van der Waals surface area contributed by atoms with Crippen molar-refractivity contribution >= 4 is 0 Å². The van der Waals surface area contributed by atoms with Crippen molar-refractivity contribution in [2.75, 3.05) is 20.3 Å². The number of methoxy groups -OCH3 is 1. The van der Waals surface area contributed by atoms with Gasteiger partial charge in [0.25, 0.3) is 11.6 Å². The smallest absolute Gasteiger partial charge is 0.299 e. The predicted octanol–water partition coefficient (Wildman–Crippen LogP) is 0.713. The van der Waals surface area contributed by atoms with Crippen molar-refractivity contribution in [1.82, 2.24) is 9.55 Å². The Balaban J connectivity index is 2.06. The van der Waals surface area contributed by atoms with Crippen molar-refractivity contribution < 1.29 is 14.2 Å². The SMILES string of the molecule is COc1nc(C)cc(=O)n1CCC1OCCCO1. The number of ether oxygens (including phenoxy) is 3. The van der Waals surface area contributed by atoms with Crippen LogP contribution < -0.4 is 10.3 Å². The molecule has 0 spiro atoms. The molecule has 0 radical (unpaired) electrons. The molecule has 0 bridgehead atoms. The zero-order chi connectivity index (χ0) is 13.0. The second-order valence-electron chi connectivity index (χ2n) is 4.19. The first-order chi connectivity index (χ1) is 8.70. The first-order valence-corrected chi connectivity index (χ1v) is 6.06. The van der Waals surface area contributed by atoms with Crippen LogP contribution in [0.15, 0.2) is 10.9 Å². The molecule has 0 N–H and O–H groups in total. The summed E-state index contributed by atoms with van der Waals surface area (Å²) >= 11 is 0. The molecule has 6 heteroatoms. The number of nitrogens with zero attached hydrogens (tertiary/aromatic N) is 2. The zero-order valence-corrected chi connectivity index (χ0v) is 10.7. The fourth-order valence-electron chi connectivity index (χ4n) is 1.89. The normalized spacial score (nSPS) is 16.8. The van der Waals surface area contributed by atoms with Gasteiger partial charge in [-0.3, -0.25) is 9.36 Å². The molecule has 2 rings (SSSR count). The van der Waals surface area contributed by atoms with Gasteiger partial charge in [-0.15, -0.1) is 0 Å². The number of hydrogen-bond donors (Lipinski definition) is 0. The van der Waals surface area contributed by atoms with Crippen LogP contribution in [-0.4, -0.2) is 36.2 Å². The van der Waals surface area contributed by atoms with Crippen LogP contribution >= 0.6 is 0 Å². The van der Waals surface area contributed by atoms with Crippen LogP contribution in [0.5, 0.6) is 6.01 Å². The zero-order valence-electron chi connectivity index (χ0n) is 10.7. The molecule has 100 valence electrons. The lowest BCUT2D eigenvalue weighted by Crippen LogP contribution is -2.29. The highest BCUT2D eigenvalue weighted by atomic mass is 16.7. The van der Waals surface area contributed by atoms with E-state index < -0.39 is 0 Å². The van der Waals surface area contributed by atoms with Gasteiger partial charge in [-0.1, -0.05) is 0 Å². The first kappa shape index (κ1) is 13.0. The molecule has 1 saturated heterocycles. The molecule has 1 aromatic heterocycles. The van der Waals surface area contributed by atoms with E-state index in [0.717, 1.165) is 6.42 Å². The second kappa shape index (κ2) is 5.97. The summed E-state index contributed by atoms with van der Waals surface area (Å²) in [4.78, 5) is 16.0. The van der Waals surface area contributed by atoms with E-state index in [2.05, 4.69) is 4.98 Å². The third-order valence-corrected chi connectivity index (χ3v) is 2.77. The molecule has 0 atom stereocenters. The lowest BCUT2D eigenvalue weighted by Gasteiger charge is -2.23. The van der Waals surface area contributed by atoms with E-state index in [4.69, 9.17) is 14.2 Å². The van der Waals surface area contributed by atoms with Crippen LogP contribution in [-0.2, 0) is 16.0 Å². The Kier molecular flexibility index (Phi) is 4.33. The van der Waals surface area contributed by atoms with Crippen LogP contribution in [0.4, 0.5) is 0 Å². The molecule has 0 saturated carbocycles. The van der Waals surface area contributed by atoms with Gasteiger partial charge in [0.1, 0.15) is 0 Å². The number of aromatic nitrogens is 2. The molecule has 2 heterocycles. The van der Waals surface area contributed by atoms with Crippen LogP contribution in [0.1, 0.15) is 18.5 Å². The van der Waals surface area contributed by atoms with Gasteiger partial charge >= 0.3 is 0 Å². The molecule has 1 aliphatic heterocycles. The van der Waals surface area contributed by atoms with Crippen molar-refractivity contribution in [3.63, 3.8) is 0 Å². The highest BCUT2D eigenvalue weighted by molar-refractivity contribution is 5.06. The molecule has 18 heavy (non-hydrogen) atoms. The third-order valence-electron chi connectivity index (χ3n) is 2.77. The summed E-state index contributed by atoms with van der Waals surface area (Å²) in [5, 5.41) is 0. The van der Waals surface area contributed by atoms with E-state index in [1.165, 1.54) is 17.7 Å². The molecule has 0 amide bonds. The highest BCUT2D eigenvalue weighted by Crippen LogP contribution is 2.11. The summed E-state index contributed by atoms with van der Waals surface area (Å²) in [6, 6.07) is 1.82. The summed E-state index contributed by atoms with van der Waals surface area (Å²) in [6.45, 7) is 3.66. The predicted molar refractivity (Wildman–Crippen MR) is 64.7 cm³/mol. The quantitative estimate of drug-likeness (QED) is 0.792. The minimum absolute atomic E-state index is 0.116. The van der Waals surface area contributed by atoms with Crippen molar-refractivity contribution in [3.8, 4) is 6.01 Å². The van der Waals surface area contributed by atoms with Gasteiger partial charge in [0.05, 0.1) is 20.3 Å². The van der Waals surface area contributed by atoms with Crippen molar-refractivity contribution in [1.29, 1.82) is 0 Å². The van der Waals surface area contributed by atoms with Crippen LogP contribution in [0.3, 0.4) is 0 Å². The van der Waals surface area contributed by atoms with Crippen LogP contribution in [0, 0.1) is 6.92 Å². The lowest BCUT2D eigenvalue weighted by molar-refractivity contribution is -0.182. The average Bonchev–Trinajstić information content (AvgIpc) is 2.38. The molecule has 1 aliphatic rings. The maximum absolute atomic E-state index is 11.9. The molecule has 0 aliphatic carbocycles. The van der Waals surface area contributed by atoms with Gasteiger partial charge in [0, 0.05) is 24.7 Å². The maximum Gasteiger partial charge on any atom is 0.299 e. The molecule has 0 aromatic carbocycles. The summed E-state index contributed by atoms with van der Waals surface area (Å²) in [7, 11) is 1.51. The third kappa shape index (κ3) is 3.08. The van der Waals surface area contributed by atoms with E-state index in [9.17, 15) is 4.79 Å². The summed E-state index contributed by atoms with van der Waals surface area (Å²) < 4.78 is 17.5. The van der Waals surface area contributed by atoms with E-state index >= 15 is 0 Å². The van der Waals surface area contributed by atoms with Gasteiger partial charge in [0.2, 0.25) is 0 Å². The minimum Gasteiger partial charge on any atom is -0.468 e. The Morgan fingerprint density at radius 2 is 2.22 bits per heavy atom. The van der Waals surface area contributed by atoms with E-state index in [1.54, 1.807) is 6.92 Å². The fourth-order valence-corrected chi connectivity index (χ4v) is 1.89. The highest BCUT2D eigenvalue weighted by Gasteiger charge is 2.16. The van der Waals surface area contributed by atoms with Crippen LogP contribution in [0.25, 0.3) is 0 Å². The van der Waals surface area contributed by atoms with E-state index in [0.29, 0.717) is 37.9 Å². The lowest BCUT2D eigenvalue weighted by atomic mass is 10.3. The van der Waals surface area contributed by atoms with Crippen molar-refractivity contribution in [2.24, 2.45) is 0 Å². The minimum atomic E-state index is -0.239. The Morgan fingerprint density at radius 3 is 2.89 bits per heavy atom. The van der Waals surface area contributed by atoms with Gasteiger partial charge in [0.15, 0.2) is 6.29 Å². The average molecular weight is 254 g/mol. The molecule has 6 nitrogen and oxygen atoms in total. The Morgan fingerprint density at radius 1 is 1.50 bits per heavy atom. The van der Waals surface area contributed by atoms with Gasteiger partial charge in [-0.25, -0.2) is 4.98 Å². The van der Waals surface area contributed by atoms with Gasteiger partial charge in [-0.05, 0) is 13.3 Å². The monoisotopic (exact) mass is 254 g/mol. The summed E-state index contributed by atoms with van der Waals surface area (Å²) in [5.74, 6) is 0. The van der Waals surface area contributed by atoms with E-state index in [1.807, 2.05) is 0 Å². The van der Waals surface area contributed by atoms with Gasteiger partial charge < -0.3 is 14.2 Å². The molecular formula is C12H18N2O4. The summed E-state index contributed by atoms with van der Waals surface area (Å²) in [5.41, 5.74) is 0.536. The van der Waals surface area contributed by atoms with Crippen molar-refractivity contribution in [3.05, 3.63) is 22.1 Å². The molecular weight excluding hydrogens is 236 g/mol. The fraction of sp³-hybridized carbons (Fsp3) is 0.667. The number of rotatable bonds is 4. The van der Waals surface area contributed by atoms with Crippen molar-refractivity contribution in [2.45, 2.75) is 32.6 Å². The number of hydrogen-bond acceptors (Lipinski definition) is 5. The summed E-state index contributed by atoms with van der Waals surface area (Å²) in [6.07, 6.45) is 1.30. The topological polar surface area (TPSA) is 62.6 Å². The standard InChI is InChI=1S/C12H18N2O4/c1-9-8-10(15)14(12(13-9)16-2)5-4-11-17-6-3-7-18-11/h8,11H,3-7H2,1-2H3. The molecule has 1 fully saturated rings. The first-order valence-electron chi connectivity index (χ1n) is 6.06.